The van der Waals surface area contributed by atoms with Gasteiger partial charge in [0.05, 0.1) is 40.9 Å². The third-order valence-electron chi connectivity index (χ3n) is 9.19. The third kappa shape index (κ3) is 7.02. The number of aromatic nitrogens is 1. The van der Waals surface area contributed by atoms with Gasteiger partial charge in [0.1, 0.15) is 12.4 Å². The first-order valence-electron chi connectivity index (χ1n) is 16.1. The molecular formula is C38H34FN3O8. The van der Waals surface area contributed by atoms with Gasteiger partial charge in [0.2, 0.25) is 11.8 Å². The van der Waals surface area contributed by atoms with E-state index >= 15 is 0 Å². The number of rotatable bonds is 12. The topological polar surface area (TPSA) is 163 Å². The van der Waals surface area contributed by atoms with Gasteiger partial charge in [-0.15, -0.1) is 0 Å². The average Bonchev–Trinajstić information content (AvgIpc) is 3.38. The fourth-order valence-corrected chi connectivity index (χ4v) is 6.87. The number of ether oxygens (including phenoxy) is 1. The van der Waals surface area contributed by atoms with E-state index in [1.165, 1.54) is 30.3 Å². The summed E-state index contributed by atoms with van der Waals surface area (Å²) in [7, 11) is 0. The van der Waals surface area contributed by atoms with E-state index in [0.29, 0.717) is 33.7 Å². The number of para-hydroxylation sites is 1. The number of allylic oxidation sites excluding steroid dienone is 1. The Hall–Kier alpha value is -5.72. The van der Waals surface area contributed by atoms with Gasteiger partial charge in [0, 0.05) is 24.2 Å². The molecule has 6 rings (SSSR count). The fourth-order valence-electron chi connectivity index (χ4n) is 6.87. The molecule has 3 aromatic carbocycles. The number of phenolic OH excluding ortho intramolecular Hbond substituents is 1. The molecule has 1 saturated heterocycles. The highest BCUT2D eigenvalue weighted by Crippen LogP contribution is 2.47. The zero-order valence-corrected chi connectivity index (χ0v) is 26.8. The lowest BCUT2D eigenvalue weighted by Crippen LogP contribution is -2.40. The van der Waals surface area contributed by atoms with Gasteiger partial charge in [0.25, 0.3) is 5.69 Å². The van der Waals surface area contributed by atoms with Crippen molar-refractivity contribution >= 4 is 34.8 Å². The Balaban J connectivity index is 1.34. The molecule has 4 aromatic rings. The number of nitro benzene ring substituents is 1. The number of anilines is 1. The summed E-state index contributed by atoms with van der Waals surface area (Å²) in [6, 6.07) is 23.5. The second-order valence-electron chi connectivity index (χ2n) is 12.2. The number of hydrogen-bond donors (Lipinski definition) is 3. The first kappa shape index (κ1) is 34.2. The van der Waals surface area contributed by atoms with Gasteiger partial charge in [-0.25, -0.2) is 9.29 Å². The van der Waals surface area contributed by atoms with E-state index in [1.54, 1.807) is 60.8 Å². The number of carbonyl (C=O) groups is 2. The molecule has 0 saturated carbocycles. The highest BCUT2D eigenvalue weighted by Gasteiger charge is 2.55. The maximum absolute atomic E-state index is 14.2. The number of benzene rings is 3. The number of hydrogen-bond acceptors (Lipinski definition) is 9. The van der Waals surface area contributed by atoms with Crippen molar-refractivity contribution in [3.8, 4) is 11.5 Å². The molecule has 1 fully saturated rings. The number of aromatic hydroxyl groups is 1. The van der Waals surface area contributed by atoms with E-state index in [4.69, 9.17) is 4.74 Å². The maximum atomic E-state index is 14.2. The summed E-state index contributed by atoms with van der Waals surface area (Å²) < 4.78 is 20.3. The first-order chi connectivity index (χ1) is 24.2. The van der Waals surface area contributed by atoms with E-state index in [2.05, 4.69) is 4.98 Å². The standard InChI is InChI=1S/C38H34FN3O8/c39-31-18-23(12-14-33(31)44)17-24(32-11-4-5-16-40-32)13-15-34(45)35-25(22-50-28-9-2-1-3-10-28)19-29-36(30(35)21-43)38(47)41(37(29)46)26-7-6-8-27(20-26)42(48)49/h1-12,14,16-18,20,29-30,34,36,43-45H,13,15,19,21-22H2/b24-17-/t29-,30+,34-,36-/m1/s1. The lowest BCUT2D eigenvalue weighted by molar-refractivity contribution is -0.384. The summed E-state index contributed by atoms with van der Waals surface area (Å²) in [6.45, 7) is -0.579. The molecule has 12 heteroatoms. The van der Waals surface area contributed by atoms with Crippen LogP contribution in [-0.4, -0.2) is 56.4 Å². The largest absolute Gasteiger partial charge is 0.505 e. The number of halogens is 1. The molecule has 2 aliphatic rings. The number of nitro groups is 1. The zero-order valence-electron chi connectivity index (χ0n) is 26.8. The smallest absolute Gasteiger partial charge is 0.271 e. The van der Waals surface area contributed by atoms with Crippen LogP contribution in [0, 0.1) is 33.7 Å². The molecule has 50 heavy (non-hydrogen) atoms. The summed E-state index contributed by atoms with van der Waals surface area (Å²) in [6.07, 6.45) is 2.54. The second-order valence-corrected chi connectivity index (χ2v) is 12.2. The van der Waals surface area contributed by atoms with Crippen LogP contribution in [0.4, 0.5) is 15.8 Å². The second kappa shape index (κ2) is 14.8. The molecule has 2 heterocycles. The average molecular weight is 680 g/mol. The van der Waals surface area contributed by atoms with Crippen molar-refractivity contribution in [1.82, 2.24) is 4.98 Å². The number of aliphatic hydroxyl groups is 2. The van der Waals surface area contributed by atoms with Gasteiger partial charge in [-0.1, -0.05) is 36.4 Å². The number of non-ortho nitro benzene ring substituents is 1. The van der Waals surface area contributed by atoms with Crippen molar-refractivity contribution in [2.24, 2.45) is 17.8 Å². The van der Waals surface area contributed by atoms with Gasteiger partial charge in [-0.3, -0.25) is 24.7 Å². The Bertz CT molecular complexity index is 1970. The minimum Gasteiger partial charge on any atom is -0.505 e. The molecule has 0 unspecified atom stereocenters. The van der Waals surface area contributed by atoms with Gasteiger partial charge < -0.3 is 20.1 Å². The van der Waals surface area contributed by atoms with Gasteiger partial charge in [0.15, 0.2) is 11.6 Å². The number of fused-ring (bicyclic) bond motifs is 1. The quantitative estimate of drug-likeness (QED) is 0.0737. The molecule has 1 aliphatic heterocycles. The Morgan fingerprint density at radius 3 is 2.52 bits per heavy atom. The Morgan fingerprint density at radius 2 is 1.82 bits per heavy atom. The summed E-state index contributed by atoms with van der Waals surface area (Å²) in [5, 5.41) is 43.8. The molecule has 256 valence electrons. The number of imide groups is 1. The van der Waals surface area contributed by atoms with Crippen LogP contribution in [0.2, 0.25) is 0 Å². The van der Waals surface area contributed by atoms with Crippen molar-refractivity contribution < 1.29 is 39.0 Å². The Labute approximate surface area is 286 Å². The predicted molar refractivity (Wildman–Crippen MR) is 182 cm³/mol. The SMILES string of the molecule is O=C1[C@@H]2[C@@H](CC(COc3ccccc3)=C([C@H](O)CC/C(=C/c3ccc(O)c(F)c3)c3ccccn3)[C@@H]2CO)C(=O)N1c1cccc([N+](=O)[O-])c1. The summed E-state index contributed by atoms with van der Waals surface area (Å²) >= 11 is 0. The van der Waals surface area contributed by atoms with Gasteiger partial charge >= 0.3 is 0 Å². The summed E-state index contributed by atoms with van der Waals surface area (Å²) in [5.74, 6) is -4.76. The van der Waals surface area contributed by atoms with Crippen LogP contribution in [0.3, 0.4) is 0 Å². The third-order valence-corrected chi connectivity index (χ3v) is 9.19. The molecule has 2 amide bonds. The summed E-state index contributed by atoms with van der Waals surface area (Å²) in [5.41, 5.74) is 2.44. The van der Waals surface area contributed by atoms with Crippen molar-refractivity contribution in [2.45, 2.75) is 25.4 Å². The lowest BCUT2D eigenvalue weighted by atomic mass is 9.68. The van der Waals surface area contributed by atoms with Crippen molar-refractivity contribution in [1.29, 1.82) is 0 Å². The molecular weight excluding hydrogens is 645 g/mol. The van der Waals surface area contributed by atoms with Crippen LogP contribution in [0.5, 0.6) is 11.5 Å². The molecule has 11 nitrogen and oxygen atoms in total. The first-order valence-corrected chi connectivity index (χ1v) is 16.1. The highest BCUT2D eigenvalue weighted by atomic mass is 19.1. The molecule has 0 bridgehead atoms. The van der Waals surface area contributed by atoms with Crippen LogP contribution in [-0.2, 0) is 9.59 Å². The number of nitrogens with zero attached hydrogens (tertiary/aromatic N) is 3. The number of aliphatic hydroxyl groups excluding tert-OH is 2. The van der Waals surface area contributed by atoms with Crippen LogP contribution in [0.15, 0.2) is 108 Å². The normalized spacial score (nSPS) is 19.8. The van der Waals surface area contributed by atoms with Crippen LogP contribution >= 0.6 is 0 Å². The van der Waals surface area contributed by atoms with Gasteiger partial charge in [-0.2, -0.15) is 0 Å². The van der Waals surface area contributed by atoms with Crippen LogP contribution in [0.25, 0.3) is 11.6 Å². The van der Waals surface area contributed by atoms with E-state index in [-0.39, 0.29) is 37.2 Å². The molecule has 4 atom stereocenters. The van der Waals surface area contributed by atoms with Crippen molar-refractivity contribution in [2.75, 3.05) is 18.1 Å². The molecule has 1 aliphatic carbocycles. The minimum absolute atomic E-state index is 0.0237. The highest BCUT2D eigenvalue weighted by molar-refractivity contribution is 6.22. The number of carbonyl (C=O) groups excluding carboxylic acids is 2. The number of pyridine rings is 1. The van der Waals surface area contributed by atoms with Gasteiger partial charge in [-0.05, 0) is 90.1 Å². The van der Waals surface area contributed by atoms with Crippen molar-refractivity contribution in [3.63, 3.8) is 0 Å². The lowest BCUT2D eigenvalue weighted by Gasteiger charge is -2.36. The molecule has 1 aromatic heterocycles. The molecule has 3 N–H and O–H groups in total. The molecule has 0 spiro atoms. The minimum atomic E-state index is -1.19. The number of phenols is 1. The van der Waals surface area contributed by atoms with E-state index in [0.717, 1.165) is 11.0 Å². The van der Waals surface area contributed by atoms with E-state index in [1.807, 2.05) is 6.07 Å². The molecule has 0 radical (unpaired) electrons. The monoisotopic (exact) mass is 679 g/mol. The fraction of sp³-hybridized carbons (Fsp3) is 0.237. The Kier molecular flexibility index (Phi) is 10.1. The zero-order chi connectivity index (χ0) is 35.4. The number of amides is 2. The van der Waals surface area contributed by atoms with Crippen LogP contribution < -0.4 is 9.64 Å². The van der Waals surface area contributed by atoms with E-state index in [9.17, 15) is 39.4 Å². The van der Waals surface area contributed by atoms with E-state index < -0.39 is 58.8 Å². The van der Waals surface area contributed by atoms with Crippen LogP contribution in [0.1, 0.15) is 30.5 Å². The van der Waals surface area contributed by atoms with Crippen molar-refractivity contribution in [3.05, 3.63) is 136 Å². The Morgan fingerprint density at radius 1 is 1.04 bits per heavy atom. The maximum Gasteiger partial charge on any atom is 0.271 e. The predicted octanol–water partition coefficient (Wildman–Crippen LogP) is 5.71. The summed E-state index contributed by atoms with van der Waals surface area (Å²) in [4.78, 5) is 44.1.